The van der Waals surface area contributed by atoms with Crippen LogP contribution in [0.15, 0.2) is 42.5 Å². The quantitative estimate of drug-likeness (QED) is 0.780. The smallest absolute Gasteiger partial charge is 0.245 e. The SMILES string of the molecule is Cc1ccc(NC(=O)CN(c2ccccc2F)S(C)(=O)=O)cc1N1CCCC1=O. The molecule has 2 amide bonds. The number of sulfonamides is 1. The molecule has 7 nitrogen and oxygen atoms in total. The van der Waals surface area contributed by atoms with E-state index in [0.29, 0.717) is 24.3 Å². The molecule has 0 saturated carbocycles. The molecule has 154 valence electrons. The molecular formula is C20H22FN3O4S. The third-order valence-electron chi connectivity index (χ3n) is 4.67. The number of hydrogen-bond donors (Lipinski definition) is 1. The van der Waals surface area contributed by atoms with Gasteiger partial charge in [-0.05, 0) is 43.2 Å². The number of hydrogen-bond acceptors (Lipinski definition) is 4. The lowest BCUT2D eigenvalue weighted by Crippen LogP contribution is -2.38. The van der Waals surface area contributed by atoms with Crippen LogP contribution in [0.5, 0.6) is 0 Å². The van der Waals surface area contributed by atoms with Crippen LogP contribution in [0.1, 0.15) is 18.4 Å². The maximum atomic E-state index is 14.1. The Balaban J connectivity index is 1.81. The second kappa shape index (κ2) is 8.20. The van der Waals surface area contributed by atoms with E-state index in [2.05, 4.69) is 5.32 Å². The number of carbonyl (C=O) groups is 2. The Morgan fingerprint density at radius 3 is 2.59 bits per heavy atom. The molecule has 0 aromatic heterocycles. The number of anilines is 3. The first kappa shape index (κ1) is 20.8. The van der Waals surface area contributed by atoms with Gasteiger partial charge in [0.1, 0.15) is 12.4 Å². The van der Waals surface area contributed by atoms with Crippen LogP contribution in [0, 0.1) is 12.7 Å². The predicted octanol–water partition coefficient (Wildman–Crippen LogP) is 2.67. The van der Waals surface area contributed by atoms with E-state index in [0.717, 1.165) is 28.6 Å². The zero-order chi connectivity index (χ0) is 21.2. The number of para-hydroxylation sites is 1. The molecule has 2 aromatic carbocycles. The molecule has 0 atom stereocenters. The average molecular weight is 419 g/mol. The van der Waals surface area contributed by atoms with Gasteiger partial charge in [-0.15, -0.1) is 0 Å². The number of benzene rings is 2. The highest BCUT2D eigenvalue weighted by Gasteiger charge is 2.25. The Morgan fingerprint density at radius 1 is 1.24 bits per heavy atom. The first-order valence-electron chi connectivity index (χ1n) is 9.10. The van der Waals surface area contributed by atoms with Gasteiger partial charge in [0.2, 0.25) is 21.8 Å². The number of halogens is 1. The van der Waals surface area contributed by atoms with Crippen LogP contribution in [-0.4, -0.2) is 39.6 Å². The van der Waals surface area contributed by atoms with E-state index in [1.54, 1.807) is 23.1 Å². The van der Waals surface area contributed by atoms with Crippen molar-refractivity contribution >= 4 is 38.9 Å². The summed E-state index contributed by atoms with van der Waals surface area (Å²) in [5.41, 5.74) is 1.83. The minimum Gasteiger partial charge on any atom is -0.324 e. The molecule has 0 bridgehead atoms. The molecule has 0 radical (unpaired) electrons. The molecular weight excluding hydrogens is 397 g/mol. The fraction of sp³-hybridized carbons (Fsp3) is 0.300. The lowest BCUT2D eigenvalue weighted by molar-refractivity contribution is -0.117. The maximum Gasteiger partial charge on any atom is 0.245 e. The number of nitrogens with one attached hydrogen (secondary N) is 1. The molecule has 0 unspecified atom stereocenters. The molecule has 29 heavy (non-hydrogen) atoms. The number of nitrogens with zero attached hydrogens (tertiary/aromatic N) is 2. The minimum absolute atomic E-state index is 0.0272. The van der Waals surface area contributed by atoms with Gasteiger partial charge in [-0.2, -0.15) is 0 Å². The van der Waals surface area contributed by atoms with Gasteiger partial charge < -0.3 is 10.2 Å². The van der Waals surface area contributed by atoms with Crippen molar-refractivity contribution in [2.75, 3.05) is 33.9 Å². The summed E-state index contributed by atoms with van der Waals surface area (Å²) in [7, 11) is -3.88. The lowest BCUT2D eigenvalue weighted by Gasteiger charge is -2.23. The van der Waals surface area contributed by atoms with Crippen LogP contribution in [0.2, 0.25) is 0 Å². The lowest BCUT2D eigenvalue weighted by atomic mass is 10.1. The normalized spacial score (nSPS) is 14.2. The van der Waals surface area contributed by atoms with Crippen molar-refractivity contribution < 1.29 is 22.4 Å². The third kappa shape index (κ3) is 4.73. The second-order valence-electron chi connectivity index (χ2n) is 6.92. The van der Waals surface area contributed by atoms with E-state index in [-0.39, 0.29) is 11.6 Å². The van der Waals surface area contributed by atoms with Crippen molar-refractivity contribution in [2.24, 2.45) is 0 Å². The van der Waals surface area contributed by atoms with Crippen molar-refractivity contribution in [1.82, 2.24) is 0 Å². The number of amides is 2. The van der Waals surface area contributed by atoms with Crippen molar-refractivity contribution in [3.05, 3.63) is 53.8 Å². The van der Waals surface area contributed by atoms with Crippen molar-refractivity contribution in [1.29, 1.82) is 0 Å². The topological polar surface area (TPSA) is 86.8 Å². The highest BCUT2D eigenvalue weighted by molar-refractivity contribution is 7.92. The summed E-state index contributed by atoms with van der Waals surface area (Å²) in [6, 6.07) is 10.5. The van der Waals surface area contributed by atoms with Crippen molar-refractivity contribution in [3.63, 3.8) is 0 Å². The Labute approximate surface area is 169 Å². The predicted molar refractivity (Wildman–Crippen MR) is 110 cm³/mol. The molecule has 1 aliphatic rings. The molecule has 1 heterocycles. The summed E-state index contributed by atoms with van der Waals surface area (Å²) in [5.74, 6) is -1.34. The summed E-state index contributed by atoms with van der Waals surface area (Å²) in [6.45, 7) is 1.91. The fourth-order valence-electron chi connectivity index (χ4n) is 3.25. The Bertz CT molecular complexity index is 1060. The van der Waals surface area contributed by atoms with Crippen LogP contribution >= 0.6 is 0 Å². The monoisotopic (exact) mass is 419 g/mol. The summed E-state index contributed by atoms with van der Waals surface area (Å²) in [6.07, 6.45) is 2.18. The summed E-state index contributed by atoms with van der Waals surface area (Å²) in [4.78, 5) is 26.2. The highest BCUT2D eigenvalue weighted by Crippen LogP contribution is 2.28. The standard InChI is InChI=1S/C20H22FN3O4S/c1-14-9-10-15(12-18(14)23-11-5-8-20(23)26)22-19(25)13-24(29(2,27)28)17-7-4-3-6-16(17)21/h3-4,6-7,9-10,12H,5,8,11,13H2,1-2H3,(H,22,25). The minimum atomic E-state index is -3.88. The van der Waals surface area contributed by atoms with Gasteiger partial charge in [0.15, 0.2) is 0 Å². The van der Waals surface area contributed by atoms with Gasteiger partial charge in [0.05, 0.1) is 11.9 Å². The van der Waals surface area contributed by atoms with Gasteiger partial charge in [-0.1, -0.05) is 18.2 Å². The summed E-state index contributed by atoms with van der Waals surface area (Å²) >= 11 is 0. The Morgan fingerprint density at radius 2 is 1.97 bits per heavy atom. The molecule has 1 aliphatic heterocycles. The first-order valence-corrected chi connectivity index (χ1v) is 10.9. The molecule has 9 heteroatoms. The molecule has 1 N–H and O–H groups in total. The van der Waals surface area contributed by atoms with Crippen LogP contribution in [0.3, 0.4) is 0 Å². The van der Waals surface area contributed by atoms with Gasteiger partial charge in [0.25, 0.3) is 0 Å². The molecule has 0 aliphatic carbocycles. The van der Waals surface area contributed by atoms with E-state index in [4.69, 9.17) is 0 Å². The number of carbonyl (C=O) groups excluding carboxylic acids is 2. The molecule has 0 spiro atoms. The van der Waals surface area contributed by atoms with E-state index in [9.17, 15) is 22.4 Å². The van der Waals surface area contributed by atoms with E-state index in [1.807, 2.05) is 6.92 Å². The van der Waals surface area contributed by atoms with E-state index < -0.39 is 28.3 Å². The molecule has 1 saturated heterocycles. The number of rotatable bonds is 6. The Hall–Kier alpha value is -2.94. The van der Waals surface area contributed by atoms with Crippen molar-refractivity contribution in [2.45, 2.75) is 19.8 Å². The molecule has 1 fully saturated rings. The van der Waals surface area contributed by atoms with Gasteiger partial charge in [0, 0.05) is 24.3 Å². The van der Waals surface area contributed by atoms with Crippen LogP contribution in [-0.2, 0) is 19.6 Å². The van der Waals surface area contributed by atoms with Crippen LogP contribution < -0.4 is 14.5 Å². The van der Waals surface area contributed by atoms with E-state index in [1.165, 1.54) is 18.2 Å². The fourth-order valence-corrected chi connectivity index (χ4v) is 4.10. The van der Waals surface area contributed by atoms with E-state index >= 15 is 0 Å². The van der Waals surface area contributed by atoms with Gasteiger partial charge in [-0.25, -0.2) is 12.8 Å². The molecule has 3 rings (SSSR count). The summed E-state index contributed by atoms with van der Waals surface area (Å²) in [5, 5.41) is 2.63. The second-order valence-corrected chi connectivity index (χ2v) is 8.83. The van der Waals surface area contributed by atoms with Crippen molar-refractivity contribution in [3.8, 4) is 0 Å². The van der Waals surface area contributed by atoms with Crippen LogP contribution in [0.25, 0.3) is 0 Å². The molecule has 2 aromatic rings. The Kier molecular flexibility index (Phi) is 5.88. The number of aryl methyl sites for hydroxylation is 1. The average Bonchev–Trinajstić information content (AvgIpc) is 3.07. The zero-order valence-electron chi connectivity index (χ0n) is 16.2. The zero-order valence-corrected chi connectivity index (χ0v) is 17.0. The first-order chi connectivity index (χ1) is 13.7. The van der Waals surface area contributed by atoms with Crippen LogP contribution in [0.4, 0.5) is 21.5 Å². The third-order valence-corrected chi connectivity index (χ3v) is 5.79. The maximum absolute atomic E-state index is 14.1. The largest absolute Gasteiger partial charge is 0.324 e. The van der Waals surface area contributed by atoms with Gasteiger partial charge in [-0.3, -0.25) is 13.9 Å². The van der Waals surface area contributed by atoms with Gasteiger partial charge >= 0.3 is 0 Å². The summed E-state index contributed by atoms with van der Waals surface area (Å²) < 4.78 is 39.0. The highest BCUT2D eigenvalue weighted by atomic mass is 32.2.